The average molecular weight is 621 g/mol. The molecular weight excluding hydrogens is 576 g/mol. The fourth-order valence-corrected chi connectivity index (χ4v) is 9.21. The summed E-state index contributed by atoms with van der Waals surface area (Å²) in [5.41, 5.74) is 4.79. The van der Waals surface area contributed by atoms with E-state index in [1.807, 2.05) is 18.2 Å². The first-order valence-corrected chi connectivity index (χ1v) is 17.2. The van der Waals surface area contributed by atoms with Crippen LogP contribution < -0.4 is 0 Å². The number of cyclic esters (lactones) is 2. The number of hydrogen-bond donors (Lipinski definition) is 2. The van der Waals surface area contributed by atoms with Crippen molar-refractivity contribution in [3.8, 4) is 5.75 Å². The smallest absolute Gasteiger partial charge is 0.340 e. The number of rotatable bonds is 11. The monoisotopic (exact) mass is 620 g/mol. The summed E-state index contributed by atoms with van der Waals surface area (Å²) < 4.78 is 12.4. The molecule has 2 heterocycles. The van der Waals surface area contributed by atoms with Gasteiger partial charge in [0.15, 0.2) is 0 Å². The minimum Gasteiger partial charge on any atom is -0.508 e. The van der Waals surface area contributed by atoms with Gasteiger partial charge in [0.1, 0.15) is 17.3 Å². The molecule has 4 aliphatic carbocycles. The van der Waals surface area contributed by atoms with Crippen LogP contribution in [0.4, 0.5) is 0 Å². The molecule has 1 saturated carbocycles. The Hall–Kier alpha value is -3.90. The Morgan fingerprint density at radius 3 is 2.57 bits per heavy atom. The van der Waals surface area contributed by atoms with Crippen LogP contribution in [0.5, 0.6) is 5.75 Å². The van der Waals surface area contributed by atoms with E-state index in [0.29, 0.717) is 17.1 Å². The first-order valence-electron chi connectivity index (χ1n) is 17.2. The van der Waals surface area contributed by atoms with Crippen LogP contribution in [0.25, 0.3) is 5.57 Å². The van der Waals surface area contributed by atoms with Crippen molar-refractivity contribution >= 4 is 17.5 Å². The van der Waals surface area contributed by atoms with Gasteiger partial charge >= 0.3 is 11.9 Å². The summed E-state index contributed by atoms with van der Waals surface area (Å²) in [6.45, 7) is 2.39. The van der Waals surface area contributed by atoms with Gasteiger partial charge in [0.2, 0.25) is 0 Å². The Bertz CT molecular complexity index is 1640. The third-order valence-electron chi connectivity index (χ3n) is 11.2. The van der Waals surface area contributed by atoms with Gasteiger partial charge in [-0.25, -0.2) is 9.59 Å². The quantitative estimate of drug-likeness (QED) is 0.196. The number of phenolic OH excluding ortho intramolecular Hbond substituents is 1. The van der Waals surface area contributed by atoms with E-state index in [-0.39, 0.29) is 48.0 Å². The van der Waals surface area contributed by atoms with Gasteiger partial charge in [-0.1, -0.05) is 62.2 Å². The molecule has 2 aromatic carbocycles. The van der Waals surface area contributed by atoms with Crippen LogP contribution in [0.15, 0.2) is 95.0 Å². The highest BCUT2D eigenvalue weighted by molar-refractivity contribution is 6.06. The van der Waals surface area contributed by atoms with Crippen LogP contribution >= 0.6 is 0 Å². The molecule has 1 spiro atoms. The lowest BCUT2D eigenvalue weighted by molar-refractivity contribution is -0.135. The second-order valence-electron chi connectivity index (χ2n) is 13.7. The zero-order chi connectivity index (χ0) is 31.8. The van der Waals surface area contributed by atoms with Gasteiger partial charge in [-0.05, 0) is 117 Å². The highest BCUT2D eigenvalue weighted by Gasteiger charge is 2.68. The van der Waals surface area contributed by atoms with Gasteiger partial charge in [0.05, 0.1) is 11.0 Å². The summed E-state index contributed by atoms with van der Waals surface area (Å²) in [6.07, 6.45) is 13.9. The molecule has 2 aromatic rings. The molecule has 6 heteroatoms. The maximum atomic E-state index is 14.1. The van der Waals surface area contributed by atoms with Crippen LogP contribution in [0.2, 0.25) is 0 Å². The molecule has 0 radical (unpaired) electrons. The fourth-order valence-electron chi connectivity index (χ4n) is 9.21. The minimum atomic E-state index is -0.749. The fraction of sp³-hybridized carbons (Fsp3) is 0.450. The van der Waals surface area contributed by atoms with Crippen molar-refractivity contribution in [2.45, 2.75) is 77.6 Å². The van der Waals surface area contributed by atoms with Crippen molar-refractivity contribution in [3.63, 3.8) is 0 Å². The van der Waals surface area contributed by atoms with Gasteiger partial charge in [-0.15, -0.1) is 0 Å². The lowest BCUT2D eigenvalue weighted by Gasteiger charge is -2.56. The molecule has 6 nitrogen and oxygen atoms in total. The molecule has 2 bridgehead atoms. The summed E-state index contributed by atoms with van der Waals surface area (Å²) in [6, 6.07) is 17.7. The molecule has 8 rings (SSSR count). The molecule has 2 aliphatic heterocycles. The molecule has 46 heavy (non-hydrogen) atoms. The van der Waals surface area contributed by atoms with Gasteiger partial charge in [0.25, 0.3) is 0 Å². The minimum absolute atomic E-state index is 0.0864. The van der Waals surface area contributed by atoms with E-state index >= 15 is 0 Å². The first kappa shape index (κ1) is 30.7. The highest BCUT2D eigenvalue weighted by Crippen LogP contribution is 2.71. The molecule has 6 aliphatic rings. The van der Waals surface area contributed by atoms with Crippen LogP contribution in [0, 0.1) is 29.1 Å². The van der Waals surface area contributed by atoms with Crippen LogP contribution in [-0.2, 0) is 25.5 Å². The number of esters is 2. The standard InChI is InChI=1S/C40H44O6/c1-2-25(22-26-12-7-6-8-13-26)23-33-40-20-19-29(34(37(40)39(44)46-33)27-14-11-15-28(42)24-27)30-17-18-31-32(16-9-4-3-5-10-21-41)45-38(43)35(31)36(30)40/h6-8,11-16,23-25,29-30,36,41-42H,2-5,9-10,17-22H2,1H3/b32-16?,33-23-/t25-,29+,30-,36+,40+/m0/s1. The molecule has 0 unspecified atom stereocenters. The molecule has 1 saturated heterocycles. The van der Waals surface area contributed by atoms with Crippen LogP contribution in [0.1, 0.15) is 82.3 Å². The summed E-state index contributed by atoms with van der Waals surface area (Å²) in [7, 11) is 0. The maximum Gasteiger partial charge on any atom is 0.340 e. The third kappa shape index (κ3) is 5.15. The second kappa shape index (κ2) is 12.7. The van der Waals surface area contributed by atoms with Crippen LogP contribution in [0.3, 0.4) is 0 Å². The Morgan fingerprint density at radius 2 is 1.78 bits per heavy atom. The summed E-state index contributed by atoms with van der Waals surface area (Å²) >= 11 is 0. The number of fused-ring (bicyclic) bond motifs is 1. The SMILES string of the molecule is CC[C@H](/C=C1\OC(=O)C2=C(c3cccc(O)c3)[C@@H]3CC[C@@]21[C@H]1C2=C(CC[C@@H]31)C(=CCCCCCCO)OC2=O)Cc1ccccc1. The predicted octanol–water partition coefficient (Wildman–Crippen LogP) is 7.97. The molecule has 2 fully saturated rings. The van der Waals surface area contributed by atoms with E-state index in [1.54, 1.807) is 12.1 Å². The normalized spacial score (nSPS) is 28.8. The Labute approximate surface area is 271 Å². The van der Waals surface area contributed by atoms with E-state index in [9.17, 15) is 14.7 Å². The van der Waals surface area contributed by atoms with Gasteiger partial charge in [-0.2, -0.15) is 0 Å². The number of hydrogen-bond acceptors (Lipinski definition) is 6. The largest absolute Gasteiger partial charge is 0.508 e. The molecule has 5 atom stereocenters. The molecule has 240 valence electrons. The molecule has 0 amide bonds. The number of carbonyl (C=O) groups is 2. The number of aromatic hydroxyl groups is 1. The topological polar surface area (TPSA) is 93.1 Å². The molecule has 0 aromatic heterocycles. The first-order chi connectivity index (χ1) is 22.5. The summed E-state index contributed by atoms with van der Waals surface area (Å²) in [5.74, 6) is 1.19. The second-order valence-corrected chi connectivity index (χ2v) is 13.7. The van der Waals surface area contributed by atoms with E-state index in [2.05, 4.69) is 43.3 Å². The van der Waals surface area contributed by atoms with E-state index in [4.69, 9.17) is 14.6 Å². The van der Waals surface area contributed by atoms with E-state index in [0.717, 1.165) is 92.9 Å². The van der Waals surface area contributed by atoms with Crippen LogP contribution in [-0.4, -0.2) is 28.8 Å². The summed E-state index contributed by atoms with van der Waals surface area (Å²) in [4.78, 5) is 28.0. The number of aliphatic hydroxyl groups is 1. The van der Waals surface area contributed by atoms with Gasteiger partial charge in [0, 0.05) is 23.7 Å². The van der Waals surface area contributed by atoms with E-state index < -0.39 is 5.41 Å². The average Bonchev–Trinajstić information content (AvgIpc) is 3.55. The highest BCUT2D eigenvalue weighted by atomic mass is 16.5. The number of unbranched alkanes of at least 4 members (excludes halogenated alkanes) is 4. The number of ether oxygens (including phenoxy) is 2. The van der Waals surface area contributed by atoms with Crippen molar-refractivity contribution in [2.75, 3.05) is 6.61 Å². The molecule has 2 N–H and O–H groups in total. The van der Waals surface area contributed by atoms with Crippen molar-refractivity contribution < 1.29 is 29.3 Å². The van der Waals surface area contributed by atoms with E-state index in [1.165, 1.54) is 5.56 Å². The zero-order valence-corrected chi connectivity index (χ0v) is 26.7. The van der Waals surface area contributed by atoms with Crippen molar-refractivity contribution in [1.29, 1.82) is 0 Å². The van der Waals surface area contributed by atoms with Crippen molar-refractivity contribution in [1.82, 2.24) is 0 Å². The predicted molar refractivity (Wildman–Crippen MR) is 176 cm³/mol. The number of carbonyl (C=O) groups excluding carboxylic acids is 2. The zero-order valence-electron chi connectivity index (χ0n) is 26.7. The molecular formula is C40H44O6. The maximum absolute atomic E-state index is 14.1. The summed E-state index contributed by atoms with van der Waals surface area (Å²) in [5, 5.41) is 19.6. The number of allylic oxidation sites excluding steroid dienone is 5. The third-order valence-corrected chi connectivity index (χ3v) is 11.2. The number of aliphatic hydroxyl groups excluding tert-OH is 1. The Balaban J connectivity index is 1.34. The Kier molecular flexibility index (Phi) is 8.50. The lowest BCUT2D eigenvalue weighted by Crippen LogP contribution is -2.52. The van der Waals surface area contributed by atoms with Crippen molar-refractivity contribution in [3.05, 3.63) is 106 Å². The Morgan fingerprint density at radius 1 is 0.957 bits per heavy atom. The van der Waals surface area contributed by atoms with Gasteiger partial charge < -0.3 is 19.7 Å². The number of benzene rings is 2. The van der Waals surface area contributed by atoms with Crippen molar-refractivity contribution in [2.24, 2.45) is 29.1 Å². The lowest BCUT2D eigenvalue weighted by atomic mass is 9.44. The van der Waals surface area contributed by atoms with Gasteiger partial charge in [-0.3, -0.25) is 0 Å². The number of phenols is 1.